The lowest BCUT2D eigenvalue weighted by atomic mass is 10.0. The molecule has 0 spiro atoms. The molecule has 1 unspecified atom stereocenters. The van der Waals surface area contributed by atoms with Crippen molar-refractivity contribution in [2.75, 3.05) is 24.7 Å². The molecule has 7 heteroatoms. The number of benzene rings is 2. The van der Waals surface area contributed by atoms with Crippen LogP contribution >= 0.6 is 0 Å². The third-order valence-corrected chi connectivity index (χ3v) is 5.83. The van der Waals surface area contributed by atoms with Crippen LogP contribution in [-0.4, -0.2) is 39.5 Å². The van der Waals surface area contributed by atoms with E-state index in [1.807, 2.05) is 53.3 Å². The Bertz CT molecular complexity index is 1210. The van der Waals surface area contributed by atoms with E-state index in [1.54, 1.807) is 6.33 Å². The third kappa shape index (κ3) is 2.69. The van der Waals surface area contributed by atoms with Gasteiger partial charge in [0.2, 0.25) is 0 Å². The Labute approximate surface area is 173 Å². The van der Waals surface area contributed by atoms with Gasteiger partial charge < -0.3 is 14.4 Å². The summed E-state index contributed by atoms with van der Waals surface area (Å²) in [6, 6.07) is 16.4. The fraction of sp³-hybridized carbons (Fsp3) is 0.261. The Balaban J connectivity index is 1.44. The van der Waals surface area contributed by atoms with Gasteiger partial charge in [-0.05, 0) is 31.0 Å². The molecule has 0 saturated carbocycles. The van der Waals surface area contributed by atoms with E-state index in [0.29, 0.717) is 13.2 Å². The minimum atomic E-state index is 0.180. The first-order chi connectivity index (χ1) is 14.9. The first kappa shape index (κ1) is 17.3. The Morgan fingerprint density at radius 2 is 1.83 bits per heavy atom. The number of hydrogen-bond acceptors (Lipinski definition) is 6. The van der Waals surface area contributed by atoms with Crippen molar-refractivity contribution in [3.63, 3.8) is 0 Å². The summed E-state index contributed by atoms with van der Waals surface area (Å²) in [5, 5.41) is 5.56. The van der Waals surface area contributed by atoms with Gasteiger partial charge in [-0.2, -0.15) is 5.10 Å². The Morgan fingerprint density at radius 3 is 2.77 bits per heavy atom. The van der Waals surface area contributed by atoms with Gasteiger partial charge in [-0.25, -0.2) is 14.6 Å². The number of hydrogen-bond donors (Lipinski definition) is 0. The van der Waals surface area contributed by atoms with Gasteiger partial charge in [0.25, 0.3) is 0 Å². The van der Waals surface area contributed by atoms with Gasteiger partial charge >= 0.3 is 0 Å². The smallest absolute Gasteiger partial charge is 0.168 e. The second kappa shape index (κ2) is 7.02. The first-order valence-corrected chi connectivity index (χ1v) is 10.3. The zero-order valence-electron chi connectivity index (χ0n) is 16.4. The monoisotopic (exact) mass is 399 g/mol. The summed E-state index contributed by atoms with van der Waals surface area (Å²) in [4.78, 5) is 11.6. The molecule has 0 bridgehead atoms. The van der Waals surface area contributed by atoms with Crippen molar-refractivity contribution in [2.45, 2.75) is 18.9 Å². The molecule has 0 aliphatic carbocycles. The van der Waals surface area contributed by atoms with Crippen molar-refractivity contribution in [2.24, 2.45) is 0 Å². The second-order valence-corrected chi connectivity index (χ2v) is 7.55. The van der Waals surface area contributed by atoms with Crippen LogP contribution in [0.5, 0.6) is 11.5 Å². The molecule has 0 radical (unpaired) electrons. The van der Waals surface area contributed by atoms with Crippen molar-refractivity contribution in [3.05, 3.63) is 66.6 Å². The van der Waals surface area contributed by atoms with Gasteiger partial charge in [0.05, 0.1) is 23.3 Å². The Hall–Kier alpha value is -3.61. The van der Waals surface area contributed by atoms with E-state index in [1.165, 1.54) is 0 Å². The minimum absolute atomic E-state index is 0.180. The molecule has 0 amide bonds. The predicted molar refractivity (Wildman–Crippen MR) is 113 cm³/mol. The van der Waals surface area contributed by atoms with Gasteiger partial charge in [-0.1, -0.05) is 30.3 Å². The summed E-state index contributed by atoms with van der Waals surface area (Å²) >= 11 is 0. The van der Waals surface area contributed by atoms with Crippen LogP contribution in [0.1, 0.15) is 24.4 Å². The summed E-state index contributed by atoms with van der Waals surface area (Å²) in [6.45, 7) is 2.10. The number of ether oxygens (including phenoxy) is 2. The molecule has 2 aromatic heterocycles. The van der Waals surface area contributed by atoms with E-state index in [9.17, 15) is 0 Å². The fourth-order valence-electron chi connectivity index (χ4n) is 4.52. The summed E-state index contributed by atoms with van der Waals surface area (Å²) in [5.41, 5.74) is 2.95. The topological polar surface area (TPSA) is 65.3 Å². The lowest BCUT2D eigenvalue weighted by Gasteiger charge is -2.29. The largest absolute Gasteiger partial charge is 0.486 e. The highest BCUT2D eigenvalue weighted by Gasteiger charge is 2.32. The molecule has 4 aromatic rings. The molecule has 1 atom stereocenters. The highest BCUT2D eigenvalue weighted by Crippen LogP contribution is 2.45. The fourth-order valence-corrected chi connectivity index (χ4v) is 4.52. The normalized spacial score (nSPS) is 18.1. The van der Waals surface area contributed by atoms with Gasteiger partial charge in [0, 0.05) is 12.1 Å². The predicted octanol–water partition coefficient (Wildman–Crippen LogP) is 3.93. The molecule has 7 nitrogen and oxygen atoms in total. The lowest BCUT2D eigenvalue weighted by molar-refractivity contribution is 0.169. The van der Waals surface area contributed by atoms with E-state index < -0.39 is 0 Å². The molecular formula is C23H21N5O2. The van der Waals surface area contributed by atoms with Crippen molar-refractivity contribution in [1.82, 2.24) is 19.7 Å². The number of fused-ring (bicyclic) bond motifs is 2. The molecule has 150 valence electrons. The maximum Gasteiger partial charge on any atom is 0.168 e. The van der Waals surface area contributed by atoms with Crippen LogP contribution in [0.4, 0.5) is 5.82 Å². The zero-order chi connectivity index (χ0) is 19.9. The molecule has 6 rings (SSSR count). The maximum absolute atomic E-state index is 6.00. The molecule has 1 fully saturated rings. The highest BCUT2D eigenvalue weighted by atomic mass is 16.6. The number of rotatable bonds is 3. The average molecular weight is 399 g/mol. The molecule has 4 heterocycles. The van der Waals surface area contributed by atoms with E-state index in [2.05, 4.69) is 26.0 Å². The van der Waals surface area contributed by atoms with E-state index >= 15 is 0 Å². The lowest BCUT2D eigenvalue weighted by Crippen LogP contribution is -2.25. The highest BCUT2D eigenvalue weighted by molar-refractivity contribution is 5.88. The van der Waals surface area contributed by atoms with Crippen molar-refractivity contribution < 1.29 is 9.47 Å². The number of nitrogens with zero attached hydrogens (tertiary/aromatic N) is 5. The number of para-hydroxylation sites is 2. The summed E-state index contributed by atoms with van der Waals surface area (Å²) in [7, 11) is 0. The number of anilines is 1. The zero-order valence-corrected chi connectivity index (χ0v) is 16.4. The van der Waals surface area contributed by atoms with Crippen molar-refractivity contribution in [3.8, 4) is 17.2 Å². The van der Waals surface area contributed by atoms with Crippen LogP contribution in [0.2, 0.25) is 0 Å². The van der Waals surface area contributed by atoms with Crippen LogP contribution in [0.15, 0.2) is 61.1 Å². The van der Waals surface area contributed by atoms with Crippen LogP contribution in [0.3, 0.4) is 0 Å². The van der Waals surface area contributed by atoms with Crippen LogP contribution in [0, 0.1) is 0 Å². The van der Waals surface area contributed by atoms with Gasteiger partial charge in [-0.3, -0.25) is 0 Å². The van der Waals surface area contributed by atoms with E-state index in [4.69, 9.17) is 9.47 Å². The molecule has 2 aliphatic heterocycles. The minimum Gasteiger partial charge on any atom is -0.486 e. The second-order valence-electron chi connectivity index (χ2n) is 7.55. The third-order valence-electron chi connectivity index (χ3n) is 5.83. The molecule has 0 N–H and O–H groups in total. The summed E-state index contributed by atoms with van der Waals surface area (Å²) in [5.74, 6) is 2.61. The van der Waals surface area contributed by atoms with E-state index in [0.717, 1.165) is 59.0 Å². The van der Waals surface area contributed by atoms with Gasteiger partial charge in [0.1, 0.15) is 25.4 Å². The maximum atomic E-state index is 6.00. The van der Waals surface area contributed by atoms with Crippen molar-refractivity contribution in [1.29, 1.82) is 0 Å². The van der Waals surface area contributed by atoms with Crippen LogP contribution in [0.25, 0.3) is 16.7 Å². The SMILES string of the molecule is c1ccc(-n2ncc3c(N4CCCC4c4cccc5c4OCCO5)ncnc32)cc1. The molecule has 2 aromatic carbocycles. The first-order valence-electron chi connectivity index (χ1n) is 10.3. The summed E-state index contributed by atoms with van der Waals surface area (Å²) < 4.78 is 13.7. The molecule has 2 aliphatic rings. The molecular weight excluding hydrogens is 378 g/mol. The Morgan fingerprint density at radius 1 is 0.933 bits per heavy atom. The quantitative estimate of drug-likeness (QED) is 0.520. The van der Waals surface area contributed by atoms with Crippen LogP contribution in [-0.2, 0) is 0 Å². The molecule has 1 saturated heterocycles. The van der Waals surface area contributed by atoms with E-state index in [-0.39, 0.29) is 6.04 Å². The van der Waals surface area contributed by atoms with Crippen molar-refractivity contribution >= 4 is 16.9 Å². The van der Waals surface area contributed by atoms with Gasteiger partial charge in [-0.15, -0.1) is 0 Å². The molecule has 30 heavy (non-hydrogen) atoms. The van der Waals surface area contributed by atoms with Gasteiger partial charge in [0.15, 0.2) is 17.1 Å². The average Bonchev–Trinajstić information content (AvgIpc) is 3.46. The summed E-state index contributed by atoms with van der Waals surface area (Å²) in [6.07, 6.45) is 5.63. The Kier molecular flexibility index (Phi) is 4.04. The standard InChI is InChI=1S/C23H21N5O2/c1-2-6-16(7-3-1)28-23-18(14-26-28)22(24-15-25-23)27-11-5-9-19(27)17-8-4-10-20-21(17)30-13-12-29-20/h1-4,6-8,10,14-15,19H,5,9,11-13H2. The van der Waals surface area contributed by atoms with Crippen LogP contribution < -0.4 is 14.4 Å². The number of aromatic nitrogens is 4.